The maximum atomic E-state index is 6.26. The van der Waals surface area contributed by atoms with Crippen LogP contribution in [0.5, 0.6) is 0 Å². The van der Waals surface area contributed by atoms with E-state index in [0.29, 0.717) is 0 Å². The van der Waals surface area contributed by atoms with Crippen molar-refractivity contribution >= 4 is 22.8 Å². The van der Waals surface area contributed by atoms with Crippen LogP contribution in [0.25, 0.3) is 0 Å². The fourth-order valence-corrected chi connectivity index (χ4v) is 2.24. The van der Waals surface area contributed by atoms with Crippen LogP contribution in [-0.2, 0) is 0 Å². The molecule has 1 atom stereocenters. The van der Waals surface area contributed by atoms with Crippen molar-refractivity contribution in [2.24, 2.45) is 10.7 Å². The average molecular weight is 237 g/mol. The molecule has 0 spiro atoms. The molecular weight excluding hydrogens is 222 g/mol. The molecule has 1 unspecified atom stereocenters. The lowest BCUT2D eigenvalue weighted by molar-refractivity contribution is 0.847. The van der Waals surface area contributed by atoms with E-state index in [0.717, 1.165) is 22.8 Å². The van der Waals surface area contributed by atoms with Crippen LogP contribution in [0, 0.1) is 0 Å². The first kappa shape index (κ1) is 11.0. The zero-order valence-corrected chi connectivity index (χ0v) is 10.2. The Kier molecular flexibility index (Phi) is 2.61. The van der Waals surface area contributed by atoms with Crippen LogP contribution in [-0.4, -0.2) is 11.9 Å². The van der Waals surface area contributed by atoms with Gasteiger partial charge in [-0.3, -0.25) is 4.99 Å². The van der Waals surface area contributed by atoms with Crippen LogP contribution in [0.1, 0.15) is 6.92 Å². The zero-order valence-electron chi connectivity index (χ0n) is 10.2. The van der Waals surface area contributed by atoms with Crippen molar-refractivity contribution < 1.29 is 0 Å². The first-order valence-electron chi connectivity index (χ1n) is 6.01. The molecule has 3 nitrogen and oxygen atoms in total. The lowest BCUT2D eigenvalue weighted by Crippen LogP contribution is -2.45. The molecule has 0 amide bonds. The van der Waals surface area contributed by atoms with E-state index in [9.17, 15) is 0 Å². The smallest absolute Gasteiger partial charge is 0.121 e. The third-order valence-corrected chi connectivity index (χ3v) is 3.18. The molecule has 0 saturated heterocycles. The Morgan fingerprint density at radius 1 is 1.00 bits per heavy atom. The second-order valence-electron chi connectivity index (χ2n) is 4.39. The van der Waals surface area contributed by atoms with Gasteiger partial charge in [-0.15, -0.1) is 0 Å². The van der Waals surface area contributed by atoms with Crippen LogP contribution >= 0.6 is 0 Å². The number of fused-ring (bicyclic) bond motifs is 1. The summed E-state index contributed by atoms with van der Waals surface area (Å²) in [7, 11) is 0. The summed E-state index contributed by atoms with van der Waals surface area (Å²) in [5.74, 6) is 0. The minimum absolute atomic E-state index is 0.206. The van der Waals surface area contributed by atoms with Crippen molar-refractivity contribution in [2.75, 3.05) is 4.90 Å². The molecule has 2 aromatic carbocycles. The molecule has 2 aromatic rings. The summed E-state index contributed by atoms with van der Waals surface area (Å²) >= 11 is 0. The number of hydrogen-bond donors (Lipinski definition) is 1. The first-order chi connectivity index (χ1) is 8.77. The summed E-state index contributed by atoms with van der Waals surface area (Å²) in [6.07, 6.45) is -0.206. The number of anilines is 2. The van der Waals surface area contributed by atoms with Gasteiger partial charge in [-0.05, 0) is 31.2 Å². The van der Waals surface area contributed by atoms with Crippen molar-refractivity contribution in [2.45, 2.75) is 13.1 Å². The number of nitrogens with two attached hydrogens (primary N) is 1. The van der Waals surface area contributed by atoms with Crippen molar-refractivity contribution in [1.82, 2.24) is 0 Å². The Hall–Kier alpha value is -2.13. The highest BCUT2D eigenvalue weighted by atomic mass is 15.3. The Labute approximate surface area is 107 Å². The molecule has 0 radical (unpaired) electrons. The number of rotatable bonds is 1. The van der Waals surface area contributed by atoms with Gasteiger partial charge in [-0.2, -0.15) is 0 Å². The Balaban J connectivity index is 2.17. The fraction of sp³-hybridized carbons (Fsp3) is 0.133. The van der Waals surface area contributed by atoms with Crippen molar-refractivity contribution in [3.05, 3.63) is 54.6 Å². The maximum absolute atomic E-state index is 6.26. The van der Waals surface area contributed by atoms with E-state index < -0.39 is 0 Å². The highest BCUT2D eigenvalue weighted by Crippen LogP contribution is 2.38. The minimum atomic E-state index is -0.206. The van der Waals surface area contributed by atoms with E-state index in [1.165, 1.54) is 0 Å². The van der Waals surface area contributed by atoms with Gasteiger partial charge in [0.1, 0.15) is 6.17 Å². The van der Waals surface area contributed by atoms with E-state index in [4.69, 9.17) is 5.73 Å². The predicted octanol–water partition coefficient (Wildman–Crippen LogP) is 3.22. The standard InChI is InChI=1S/C15H15N3/c1-11-15(16)18(12-7-3-2-4-8-12)14-10-6-5-9-13(14)17-11/h2-10,15H,16H2,1H3. The maximum Gasteiger partial charge on any atom is 0.121 e. The van der Waals surface area contributed by atoms with Crippen molar-refractivity contribution in [3.63, 3.8) is 0 Å². The molecule has 0 saturated carbocycles. The molecule has 1 aliphatic rings. The summed E-state index contributed by atoms with van der Waals surface area (Å²) in [6.45, 7) is 1.97. The highest BCUT2D eigenvalue weighted by molar-refractivity contribution is 5.99. The van der Waals surface area contributed by atoms with Gasteiger partial charge in [0.05, 0.1) is 17.1 Å². The molecule has 3 rings (SSSR count). The normalized spacial score (nSPS) is 18.2. The van der Waals surface area contributed by atoms with E-state index in [-0.39, 0.29) is 6.17 Å². The molecule has 1 heterocycles. The Morgan fingerprint density at radius 3 is 2.44 bits per heavy atom. The number of para-hydroxylation sites is 3. The second kappa shape index (κ2) is 4.27. The molecule has 3 heteroatoms. The van der Waals surface area contributed by atoms with E-state index >= 15 is 0 Å². The molecule has 2 N–H and O–H groups in total. The predicted molar refractivity (Wildman–Crippen MR) is 75.8 cm³/mol. The number of nitrogens with zero attached hydrogens (tertiary/aromatic N) is 2. The average Bonchev–Trinajstić information content (AvgIpc) is 2.41. The Bertz CT molecular complexity index is 590. The van der Waals surface area contributed by atoms with Crippen LogP contribution in [0.4, 0.5) is 17.1 Å². The second-order valence-corrected chi connectivity index (χ2v) is 4.39. The summed E-state index contributed by atoms with van der Waals surface area (Å²) in [5, 5.41) is 0. The van der Waals surface area contributed by atoms with Gasteiger partial charge in [-0.25, -0.2) is 0 Å². The van der Waals surface area contributed by atoms with E-state index in [1.807, 2.05) is 43.3 Å². The van der Waals surface area contributed by atoms with Crippen molar-refractivity contribution in [1.29, 1.82) is 0 Å². The number of hydrogen-bond acceptors (Lipinski definition) is 3. The lowest BCUT2D eigenvalue weighted by Gasteiger charge is -2.35. The zero-order chi connectivity index (χ0) is 12.5. The summed E-state index contributed by atoms with van der Waals surface area (Å²) in [6, 6.07) is 18.2. The molecule has 1 aliphatic heterocycles. The lowest BCUT2D eigenvalue weighted by atomic mass is 10.1. The number of aliphatic imine (C=N–C) groups is 1. The third-order valence-electron chi connectivity index (χ3n) is 3.18. The van der Waals surface area contributed by atoms with Gasteiger partial charge >= 0.3 is 0 Å². The highest BCUT2D eigenvalue weighted by Gasteiger charge is 2.25. The van der Waals surface area contributed by atoms with Crippen LogP contribution < -0.4 is 10.6 Å². The first-order valence-corrected chi connectivity index (χ1v) is 6.01. The number of benzene rings is 2. The largest absolute Gasteiger partial charge is 0.318 e. The van der Waals surface area contributed by atoms with Gasteiger partial charge in [0.15, 0.2) is 0 Å². The molecule has 90 valence electrons. The summed E-state index contributed by atoms with van der Waals surface area (Å²) < 4.78 is 0. The molecule has 0 aromatic heterocycles. The van der Waals surface area contributed by atoms with Gasteiger partial charge in [0, 0.05) is 5.69 Å². The topological polar surface area (TPSA) is 41.6 Å². The minimum Gasteiger partial charge on any atom is -0.318 e. The van der Waals surface area contributed by atoms with Gasteiger partial charge in [0.2, 0.25) is 0 Å². The van der Waals surface area contributed by atoms with Crippen molar-refractivity contribution in [3.8, 4) is 0 Å². The SMILES string of the molecule is CC1=Nc2ccccc2N(c2ccccc2)C1N. The van der Waals surface area contributed by atoms with Crippen LogP contribution in [0.3, 0.4) is 0 Å². The molecular formula is C15H15N3. The van der Waals surface area contributed by atoms with E-state index in [2.05, 4.69) is 28.1 Å². The van der Waals surface area contributed by atoms with Gasteiger partial charge in [-0.1, -0.05) is 30.3 Å². The van der Waals surface area contributed by atoms with Crippen LogP contribution in [0.2, 0.25) is 0 Å². The molecule has 18 heavy (non-hydrogen) atoms. The monoisotopic (exact) mass is 237 g/mol. The molecule has 0 aliphatic carbocycles. The van der Waals surface area contributed by atoms with Gasteiger partial charge in [0.25, 0.3) is 0 Å². The fourth-order valence-electron chi connectivity index (χ4n) is 2.24. The van der Waals surface area contributed by atoms with E-state index in [1.54, 1.807) is 0 Å². The summed E-state index contributed by atoms with van der Waals surface area (Å²) in [4.78, 5) is 6.68. The van der Waals surface area contributed by atoms with Crippen LogP contribution in [0.15, 0.2) is 59.6 Å². The summed E-state index contributed by atoms with van der Waals surface area (Å²) in [5.41, 5.74) is 10.3. The van der Waals surface area contributed by atoms with Gasteiger partial charge < -0.3 is 10.6 Å². The molecule has 0 fully saturated rings. The Morgan fingerprint density at radius 2 is 1.67 bits per heavy atom. The third kappa shape index (κ3) is 1.69. The molecule has 0 bridgehead atoms. The quantitative estimate of drug-likeness (QED) is 0.827.